The first kappa shape index (κ1) is 38.0. The molecule has 0 unspecified atom stereocenters. The summed E-state index contributed by atoms with van der Waals surface area (Å²) in [6, 6.07) is 25.7. The first-order valence-electron chi connectivity index (χ1n) is 18.4. The zero-order chi connectivity index (χ0) is 40.2. The first-order valence-corrected chi connectivity index (χ1v) is 19.2. The number of amides is 4. The molecular formula is C43H37Cl2N3O9. The molecule has 1 saturated carbocycles. The van der Waals surface area contributed by atoms with E-state index < -0.39 is 71.0 Å². The van der Waals surface area contributed by atoms with Gasteiger partial charge in [-0.2, -0.15) is 5.01 Å². The van der Waals surface area contributed by atoms with Crippen molar-refractivity contribution in [3.63, 3.8) is 0 Å². The number of hydrazine groups is 1. The van der Waals surface area contributed by atoms with E-state index in [1.807, 2.05) is 36.4 Å². The molecule has 2 aliphatic heterocycles. The summed E-state index contributed by atoms with van der Waals surface area (Å²) in [6.07, 6.45) is 1.57. The molecule has 2 heterocycles. The molecule has 4 aromatic rings. The number of ether oxygens (including phenoxy) is 2. The van der Waals surface area contributed by atoms with Gasteiger partial charge in [0.1, 0.15) is 23.9 Å². The molecule has 4 amide bonds. The summed E-state index contributed by atoms with van der Waals surface area (Å²) in [4.78, 5) is 70.8. The highest BCUT2D eigenvalue weighted by atomic mass is 35.5. The Bertz CT molecular complexity index is 2340. The van der Waals surface area contributed by atoms with Crippen molar-refractivity contribution in [1.82, 2.24) is 9.91 Å². The number of aromatic hydroxyl groups is 1. The van der Waals surface area contributed by atoms with Crippen molar-refractivity contribution < 1.29 is 43.7 Å². The van der Waals surface area contributed by atoms with Crippen molar-refractivity contribution in [2.24, 2.45) is 23.7 Å². The molecule has 4 aromatic carbocycles. The van der Waals surface area contributed by atoms with E-state index >= 15 is 4.79 Å². The third-order valence-electron chi connectivity index (χ3n) is 11.8. The maximum absolute atomic E-state index is 15.5. The molecule has 8 rings (SSSR count). The molecule has 3 N–H and O–H groups in total. The summed E-state index contributed by atoms with van der Waals surface area (Å²) in [5.41, 5.74) is 3.80. The number of imide groups is 2. The number of likely N-dealkylation sites (tertiary alicyclic amines) is 1. The SMILES string of the molecule is COc1ccc([C@@]23C(=O)N(Nc4ccc(Cl)cc4Cl)C(=O)[C@@H]2C[C@@H]2C(=CC[C@@H]4C(=O)N(CCC(=O)O)C(=O)[C@@H]42)[C@@H]3c2ccc(OCc3ccccc3)cc2O)cc1. The van der Waals surface area contributed by atoms with E-state index in [4.69, 9.17) is 32.7 Å². The largest absolute Gasteiger partial charge is 0.508 e. The van der Waals surface area contributed by atoms with Gasteiger partial charge in [0.25, 0.3) is 11.8 Å². The Morgan fingerprint density at radius 2 is 1.63 bits per heavy atom. The maximum atomic E-state index is 15.5. The molecule has 14 heteroatoms. The number of carboxylic acid groups (broad SMARTS) is 1. The van der Waals surface area contributed by atoms with Crippen LogP contribution in [-0.2, 0) is 36.0 Å². The zero-order valence-electron chi connectivity index (χ0n) is 30.6. The van der Waals surface area contributed by atoms with Crippen LogP contribution in [0.15, 0.2) is 103 Å². The van der Waals surface area contributed by atoms with E-state index in [0.29, 0.717) is 33.2 Å². The van der Waals surface area contributed by atoms with Gasteiger partial charge in [-0.1, -0.05) is 83.4 Å². The standard InChI is InChI=1S/C43H37Cl2N3O9/c1-56-26-10-7-24(8-11-26)43-32(40(53)48(42(43)55)46-34-16-9-25(44)19-33(34)45)21-31-28(14-15-30-37(31)41(54)47(39(30)52)18-17-36(50)51)38(43)29-13-12-27(20-35(29)49)57-22-23-5-3-2-4-6-23/h2-14,16,19-20,30-32,37-38,46,49H,15,17-18,21-22H2,1H3,(H,50,51)/t30-,31+,32-,37-,38+,43+/m0/s1. The molecular weight excluding hydrogens is 773 g/mol. The lowest BCUT2D eigenvalue weighted by Gasteiger charge is -2.50. The predicted molar refractivity (Wildman–Crippen MR) is 208 cm³/mol. The van der Waals surface area contributed by atoms with Gasteiger partial charge in [-0.05, 0) is 66.3 Å². The topological polar surface area (TPSA) is 163 Å². The van der Waals surface area contributed by atoms with Crippen LogP contribution in [0.1, 0.15) is 41.9 Å². The number of phenols is 1. The molecule has 4 aliphatic rings. The fourth-order valence-electron chi connectivity index (χ4n) is 9.28. The van der Waals surface area contributed by atoms with E-state index in [1.54, 1.807) is 48.5 Å². The Kier molecular flexibility index (Phi) is 9.95. The molecule has 2 aliphatic carbocycles. The Morgan fingerprint density at radius 3 is 2.32 bits per heavy atom. The van der Waals surface area contributed by atoms with Crippen LogP contribution in [0.5, 0.6) is 17.2 Å². The number of anilines is 1. The number of methoxy groups -OCH3 is 1. The highest BCUT2D eigenvalue weighted by Crippen LogP contribution is 2.65. The van der Waals surface area contributed by atoms with Gasteiger partial charge in [0, 0.05) is 29.1 Å². The fraction of sp³-hybridized carbons (Fsp3) is 0.279. The Morgan fingerprint density at radius 1 is 0.895 bits per heavy atom. The summed E-state index contributed by atoms with van der Waals surface area (Å²) >= 11 is 12.7. The van der Waals surface area contributed by atoms with Crippen LogP contribution in [0.3, 0.4) is 0 Å². The van der Waals surface area contributed by atoms with E-state index in [2.05, 4.69) is 5.43 Å². The van der Waals surface area contributed by atoms with Gasteiger partial charge >= 0.3 is 5.97 Å². The minimum absolute atomic E-state index is 0.00252. The van der Waals surface area contributed by atoms with Crippen molar-refractivity contribution in [3.05, 3.63) is 129 Å². The normalized spacial score (nSPS) is 25.1. The number of carbonyl (C=O) groups is 5. The Hall–Kier alpha value is -5.85. The summed E-state index contributed by atoms with van der Waals surface area (Å²) < 4.78 is 11.5. The van der Waals surface area contributed by atoms with Crippen LogP contribution in [0.25, 0.3) is 0 Å². The molecule has 12 nitrogen and oxygen atoms in total. The molecule has 6 atom stereocenters. The minimum atomic E-state index is -1.69. The fourth-order valence-corrected chi connectivity index (χ4v) is 9.73. The second-order valence-corrected chi connectivity index (χ2v) is 15.5. The maximum Gasteiger partial charge on any atom is 0.305 e. The summed E-state index contributed by atoms with van der Waals surface area (Å²) in [7, 11) is 1.51. The average Bonchev–Trinajstić information content (AvgIpc) is 3.58. The second kappa shape index (κ2) is 14.9. The van der Waals surface area contributed by atoms with Crippen LogP contribution in [-0.4, -0.2) is 63.4 Å². The van der Waals surface area contributed by atoms with Gasteiger partial charge in [-0.15, -0.1) is 0 Å². The smallest absolute Gasteiger partial charge is 0.305 e. The van der Waals surface area contributed by atoms with Gasteiger partial charge in [0.15, 0.2) is 0 Å². The number of fused-ring (bicyclic) bond motifs is 4. The molecule has 2 saturated heterocycles. The third-order valence-corrected chi connectivity index (χ3v) is 12.3. The number of hydrogen-bond acceptors (Lipinski definition) is 9. The van der Waals surface area contributed by atoms with Crippen molar-refractivity contribution in [2.45, 2.75) is 37.2 Å². The molecule has 0 spiro atoms. The number of halogens is 2. The third kappa shape index (κ3) is 6.37. The molecule has 3 fully saturated rings. The lowest BCUT2D eigenvalue weighted by atomic mass is 9.49. The number of benzene rings is 4. The number of nitrogens with one attached hydrogen (secondary N) is 1. The van der Waals surface area contributed by atoms with Gasteiger partial charge in [-0.3, -0.25) is 34.3 Å². The monoisotopic (exact) mass is 809 g/mol. The quantitative estimate of drug-likeness (QED) is 0.109. The van der Waals surface area contributed by atoms with E-state index in [1.165, 1.54) is 19.2 Å². The van der Waals surface area contributed by atoms with E-state index in [0.717, 1.165) is 15.5 Å². The Balaban J connectivity index is 1.30. The molecule has 0 bridgehead atoms. The van der Waals surface area contributed by atoms with Crippen molar-refractivity contribution in [1.29, 1.82) is 0 Å². The number of aliphatic carboxylic acids is 1. The van der Waals surface area contributed by atoms with Crippen LogP contribution >= 0.6 is 23.2 Å². The average molecular weight is 811 g/mol. The van der Waals surface area contributed by atoms with Gasteiger partial charge in [-0.25, -0.2) is 0 Å². The van der Waals surface area contributed by atoms with Gasteiger partial charge < -0.3 is 19.7 Å². The zero-order valence-corrected chi connectivity index (χ0v) is 32.1. The van der Waals surface area contributed by atoms with Crippen LogP contribution in [0, 0.1) is 23.7 Å². The number of allylic oxidation sites excluding steroid dienone is 2. The number of hydrogen-bond donors (Lipinski definition) is 3. The number of rotatable bonds is 11. The number of nitrogens with zero attached hydrogens (tertiary/aromatic N) is 2. The molecule has 0 aromatic heterocycles. The highest BCUT2D eigenvalue weighted by molar-refractivity contribution is 6.36. The molecule has 292 valence electrons. The number of phenolic OH excluding ortho intramolecular Hbond substituents is 1. The van der Waals surface area contributed by atoms with Crippen LogP contribution in [0.2, 0.25) is 10.0 Å². The van der Waals surface area contributed by atoms with Gasteiger partial charge in [0.2, 0.25) is 11.8 Å². The predicted octanol–water partition coefficient (Wildman–Crippen LogP) is 6.75. The summed E-state index contributed by atoms with van der Waals surface area (Å²) in [5.74, 6) is -7.28. The van der Waals surface area contributed by atoms with Crippen LogP contribution in [0.4, 0.5) is 5.69 Å². The highest BCUT2D eigenvalue weighted by Gasteiger charge is 2.70. The van der Waals surface area contributed by atoms with Crippen LogP contribution < -0.4 is 14.9 Å². The molecule has 57 heavy (non-hydrogen) atoms. The first-order chi connectivity index (χ1) is 27.4. The number of carboxylic acids is 1. The lowest BCUT2D eigenvalue weighted by molar-refractivity contribution is -0.143. The lowest BCUT2D eigenvalue weighted by Crippen LogP contribution is -2.53. The number of carbonyl (C=O) groups excluding carboxylic acids is 4. The summed E-state index contributed by atoms with van der Waals surface area (Å²) in [5, 5.41) is 22.8. The van der Waals surface area contributed by atoms with Crippen molar-refractivity contribution in [3.8, 4) is 17.2 Å². The van der Waals surface area contributed by atoms with Gasteiger partial charge in [0.05, 0.1) is 47.4 Å². The Labute approximate surface area is 337 Å². The van der Waals surface area contributed by atoms with E-state index in [-0.39, 0.29) is 42.5 Å². The summed E-state index contributed by atoms with van der Waals surface area (Å²) in [6.45, 7) is -0.0561. The van der Waals surface area contributed by atoms with Crippen molar-refractivity contribution in [2.75, 3.05) is 19.1 Å². The van der Waals surface area contributed by atoms with Crippen molar-refractivity contribution >= 4 is 58.5 Å². The van der Waals surface area contributed by atoms with E-state index in [9.17, 15) is 29.4 Å². The second-order valence-electron chi connectivity index (χ2n) is 14.7. The molecule has 0 radical (unpaired) electrons. The minimum Gasteiger partial charge on any atom is -0.508 e.